The minimum Gasteiger partial charge on any atom is -0.490 e. The third-order valence-corrected chi connectivity index (χ3v) is 4.88. The van der Waals surface area contributed by atoms with Crippen LogP contribution in [0, 0.1) is 27.3 Å². The van der Waals surface area contributed by atoms with Gasteiger partial charge in [-0.15, -0.1) is 0 Å². The molecule has 162 valence electrons. The van der Waals surface area contributed by atoms with Crippen LogP contribution in [0.2, 0.25) is 5.02 Å². The Morgan fingerprint density at radius 3 is 2.53 bits per heavy atom. The molecule has 3 rings (SSSR count). The monoisotopic (exact) mass is 452 g/mol. The van der Waals surface area contributed by atoms with E-state index in [0.717, 1.165) is 0 Å². The Labute approximate surface area is 189 Å². The van der Waals surface area contributed by atoms with E-state index in [0.29, 0.717) is 34.8 Å². The SMILES string of the molecule is CCOc1cc(C=C(C#N)c2ccc([N+](=O)[O-])cc2)ccc1OCc1c(F)cccc1Cl. The highest BCUT2D eigenvalue weighted by Crippen LogP contribution is 2.32. The zero-order chi connectivity index (χ0) is 23.1. The van der Waals surface area contributed by atoms with Gasteiger partial charge in [-0.3, -0.25) is 10.1 Å². The van der Waals surface area contributed by atoms with E-state index in [9.17, 15) is 19.8 Å². The van der Waals surface area contributed by atoms with E-state index in [-0.39, 0.29) is 22.9 Å². The Balaban J connectivity index is 1.87. The first kappa shape index (κ1) is 22.8. The smallest absolute Gasteiger partial charge is 0.269 e. The molecule has 0 saturated heterocycles. The van der Waals surface area contributed by atoms with Gasteiger partial charge in [0.25, 0.3) is 5.69 Å². The van der Waals surface area contributed by atoms with Crippen molar-refractivity contribution < 1.29 is 18.8 Å². The number of halogens is 2. The van der Waals surface area contributed by atoms with Gasteiger partial charge in [-0.25, -0.2) is 4.39 Å². The Bertz CT molecular complexity index is 1180. The van der Waals surface area contributed by atoms with Crippen molar-refractivity contribution >= 4 is 28.9 Å². The molecular formula is C24H18ClFN2O4. The summed E-state index contributed by atoms with van der Waals surface area (Å²) < 4.78 is 25.4. The van der Waals surface area contributed by atoms with Crippen molar-refractivity contribution in [2.45, 2.75) is 13.5 Å². The Morgan fingerprint density at radius 2 is 1.91 bits per heavy atom. The summed E-state index contributed by atoms with van der Waals surface area (Å²) in [5.74, 6) is 0.364. The van der Waals surface area contributed by atoms with Crippen LogP contribution in [0.15, 0.2) is 60.7 Å². The molecule has 0 aliphatic carbocycles. The maximum atomic E-state index is 14.0. The molecule has 0 radical (unpaired) electrons. The van der Waals surface area contributed by atoms with Gasteiger partial charge in [-0.05, 0) is 60.5 Å². The standard InChI is InChI=1S/C24H18ClFN2O4/c1-2-31-24-13-16(12-18(14-27)17-7-9-19(10-8-17)28(29)30)6-11-23(24)32-15-20-21(25)4-3-5-22(20)26/h3-13H,2,15H2,1H3. The highest BCUT2D eigenvalue weighted by Gasteiger charge is 2.12. The molecular weight excluding hydrogens is 435 g/mol. The predicted molar refractivity (Wildman–Crippen MR) is 120 cm³/mol. The Morgan fingerprint density at radius 1 is 1.16 bits per heavy atom. The summed E-state index contributed by atoms with van der Waals surface area (Å²) in [6, 6.07) is 17.3. The number of benzene rings is 3. The van der Waals surface area contributed by atoms with E-state index in [4.69, 9.17) is 21.1 Å². The number of nitro benzene ring substituents is 1. The molecule has 8 heteroatoms. The van der Waals surface area contributed by atoms with Crippen molar-refractivity contribution in [2.24, 2.45) is 0 Å². The minimum atomic E-state index is -0.499. The first-order valence-electron chi connectivity index (χ1n) is 9.62. The zero-order valence-electron chi connectivity index (χ0n) is 17.0. The molecule has 0 aliphatic heterocycles. The van der Waals surface area contributed by atoms with E-state index in [1.807, 2.05) is 6.92 Å². The van der Waals surface area contributed by atoms with Crippen LogP contribution in [0.25, 0.3) is 11.6 Å². The molecule has 0 fully saturated rings. The fourth-order valence-electron chi connectivity index (χ4n) is 2.93. The van der Waals surface area contributed by atoms with E-state index in [1.165, 1.54) is 36.4 Å². The number of non-ortho nitro benzene ring substituents is 1. The predicted octanol–water partition coefficient (Wildman–Crippen LogP) is 6.43. The number of hydrogen-bond acceptors (Lipinski definition) is 5. The first-order valence-corrected chi connectivity index (χ1v) is 10.00. The highest BCUT2D eigenvalue weighted by atomic mass is 35.5. The second-order valence-corrected chi connectivity index (χ2v) is 7.01. The number of hydrogen-bond donors (Lipinski definition) is 0. The van der Waals surface area contributed by atoms with Crippen molar-refractivity contribution in [2.75, 3.05) is 6.61 Å². The summed E-state index contributed by atoms with van der Waals surface area (Å²) in [6.45, 7) is 2.11. The second-order valence-electron chi connectivity index (χ2n) is 6.60. The lowest BCUT2D eigenvalue weighted by Crippen LogP contribution is -2.02. The average Bonchev–Trinajstić information content (AvgIpc) is 2.78. The molecule has 0 atom stereocenters. The third kappa shape index (κ3) is 5.42. The summed E-state index contributed by atoms with van der Waals surface area (Å²) in [5.41, 5.74) is 1.73. The van der Waals surface area contributed by atoms with Gasteiger partial charge in [0.1, 0.15) is 12.4 Å². The van der Waals surface area contributed by atoms with Crippen molar-refractivity contribution in [3.8, 4) is 17.6 Å². The van der Waals surface area contributed by atoms with Gasteiger partial charge in [0, 0.05) is 17.7 Å². The normalized spacial score (nSPS) is 11.0. The number of nitro groups is 1. The highest BCUT2D eigenvalue weighted by molar-refractivity contribution is 6.31. The fourth-order valence-corrected chi connectivity index (χ4v) is 3.15. The molecule has 0 aromatic heterocycles. The van der Waals surface area contributed by atoms with Gasteiger partial charge in [0.15, 0.2) is 11.5 Å². The average molecular weight is 453 g/mol. The quantitative estimate of drug-likeness (QED) is 0.170. The lowest BCUT2D eigenvalue weighted by molar-refractivity contribution is -0.384. The molecule has 3 aromatic rings. The Kier molecular flexibility index (Phi) is 7.42. The van der Waals surface area contributed by atoms with Crippen molar-refractivity contribution in [3.63, 3.8) is 0 Å². The first-order chi connectivity index (χ1) is 15.4. The maximum absolute atomic E-state index is 14.0. The number of nitrogens with zero attached hydrogens (tertiary/aromatic N) is 2. The minimum absolute atomic E-state index is 0.0545. The topological polar surface area (TPSA) is 85.4 Å². The van der Waals surface area contributed by atoms with Crippen LogP contribution in [0.1, 0.15) is 23.6 Å². The van der Waals surface area contributed by atoms with Crippen LogP contribution in [-0.4, -0.2) is 11.5 Å². The van der Waals surface area contributed by atoms with Gasteiger partial charge in [-0.2, -0.15) is 5.26 Å². The van der Waals surface area contributed by atoms with Gasteiger partial charge < -0.3 is 9.47 Å². The molecule has 0 N–H and O–H groups in total. The van der Waals surface area contributed by atoms with E-state index < -0.39 is 10.7 Å². The maximum Gasteiger partial charge on any atom is 0.269 e. The lowest BCUT2D eigenvalue weighted by Gasteiger charge is -2.14. The molecule has 0 bridgehead atoms. The number of nitriles is 1. The molecule has 6 nitrogen and oxygen atoms in total. The number of ether oxygens (including phenoxy) is 2. The summed E-state index contributed by atoms with van der Waals surface area (Å²) in [6.07, 6.45) is 1.64. The van der Waals surface area contributed by atoms with Crippen LogP contribution in [-0.2, 0) is 6.61 Å². The van der Waals surface area contributed by atoms with Crippen LogP contribution < -0.4 is 9.47 Å². The molecule has 0 amide bonds. The largest absolute Gasteiger partial charge is 0.490 e. The molecule has 3 aromatic carbocycles. The van der Waals surface area contributed by atoms with E-state index in [2.05, 4.69) is 6.07 Å². The van der Waals surface area contributed by atoms with Crippen LogP contribution in [0.4, 0.5) is 10.1 Å². The van der Waals surface area contributed by atoms with Crippen molar-refractivity contribution in [3.05, 3.63) is 98.3 Å². The van der Waals surface area contributed by atoms with Crippen LogP contribution in [0.5, 0.6) is 11.5 Å². The summed E-state index contributed by atoms with van der Waals surface area (Å²) in [4.78, 5) is 10.3. The molecule has 32 heavy (non-hydrogen) atoms. The summed E-state index contributed by atoms with van der Waals surface area (Å²) >= 11 is 6.05. The summed E-state index contributed by atoms with van der Waals surface area (Å²) in [5, 5.41) is 20.6. The number of allylic oxidation sites excluding steroid dienone is 1. The van der Waals surface area contributed by atoms with Crippen LogP contribution >= 0.6 is 11.6 Å². The fraction of sp³-hybridized carbons (Fsp3) is 0.125. The lowest BCUT2D eigenvalue weighted by atomic mass is 10.0. The van der Waals surface area contributed by atoms with Gasteiger partial charge in [0.05, 0.1) is 28.2 Å². The van der Waals surface area contributed by atoms with Gasteiger partial charge in [0.2, 0.25) is 0 Å². The third-order valence-electron chi connectivity index (χ3n) is 4.52. The molecule has 0 saturated carbocycles. The number of rotatable bonds is 8. The van der Waals surface area contributed by atoms with Gasteiger partial charge >= 0.3 is 0 Å². The molecule has 0 unspecified atom stereocenters. The summed E-state index contributed by atoms with van der Waals surface area (Å²) in [7, 11) is 0. The second kappa shape index (κ2) is 10.4. The van der Waals surface area contributed by atoms with E-state index >= 15 is 0 Å². The van der Waals surface area contributed by atoms with Gasteiger partial charge in [-0.1, -0.05) is 23.7 Å². The molecule has 0 spiro atoms. The molecule has 0 aliphatic rings. The zero-order valence-corrected chi connectivity index (χ0v) is 17.8. The van der Waals surface area contributed by atoms with E-state index in [1.54, 1.807) is 30.3 Å². The Hall–Kier alpha value is -3.89. The van der Waals surface area contributed by atoms with Crippen molar-refractivity contribution in [1.29, 1.82) is 5.26 Å². The molecule has 0 heterocycles. The van der Waals surface area contributed by atoms with Crippen molar-refractivity contribution in [1.82, 2.24) is 0 Å². The van der Waals surface area contributed by atoms with Crippen LogP contribution in [0.3, 0.4) is 0 Å².